The smallest absolute Gasteiger partial charge is 0.255 e. The van der Waals surface area contributed by atoms with Crippen LogP contribution in [0.1, 0.15) is 21.5 Å². The number of carbonyl (C=O) groups excluding carboxylic acids is 1. The molecule has 1 aromatic heterocycles. The van der Waals surface area contributed by atoms with Gasteiger partial charge in [-0.2, -0.15) is 0 Å². The third kappa shape index (κ3) is 5.34. The van der Waals surface area contributed by atoms with Crippen molar-refractivity contribution in [1.82, 2.24) is 9.88 Å². The number of nitrogens with zero attached hydrogens (tertiary/aromatic N) is 2. The molecule has 0 saturated carbocycles. The van der Waals surface area contributed by atoms with E-state index in [0.29, 0.717) is 40.9 Å². The molecule has 0 unspecified atom stereocenters. The van der Waals surface area contributed by atoms with Gasteiger partial charge in [-0.3, -0.25) is 4.79 Å². The Morgan fingerprint density at radius 3 is 1.94 bits per heavy atom. The Kier molecular flexibility index (Phi) is 6.73. The first-order chi connectivity index (χ1) is 17.2. The second-order valence-electron chi connectivity index (χ2n) is 8.21. The number of amides is 1. The Morgan fingerprint density at radius 1 is 0.743 bits per heavy atom. The molecule has 0 N–H and O–H groups in total. The van der Waals surface area contributed by atoms with E-state index in [-0.39, 0.29) is 5.91 Å². The van der Waals surface area contributed by atoms with Crippen LogP contribution in [0.25, 0.3) is 22.8 Å². The monoisotopic (exact) mass is 478 g/mol. The van der Waals surface area contributed by atoms with E-state index in [1.807, 2.05) is 114 Å². The zero-order chi connectivity index (χ0) is 24.0. The number of aromatic nitrogens is 1. The summed E-state index contributed by atoms with van der Waals surface area (Å²) in [5, 5.41) is 0.654. The van der Waals surface area contributed by atoms with Gasteiger partial charge in [0.25, 0.3) is 5.91 Å². The van der Waals surface area contributed by atoms with Crippen molar-refractivity contribution in [1.29, 1.82) is 0 Å². The first kappa shape index (κ1) is 22.6. The van der Waals surface area contributed by atoms with Crippen molar-refractivity contribution in [2.24, 2.45) is 0 Å². The predicted octanol–water partition coefficient (Wildman–Crippen LogP) is 7.50. The summed E-state index contributed by atoms with van der Waals surface area (Å²) in [5.41, 5.74) is 4.20. The van der Waals surface area contributed by atoms with Crippen molar-refractivity contribution in [2.75, 3.05) is 0 Å². The SMILES string of the molecule is O=C(c1ccccc1-c1ncc(-c2ccc(Cl)cc2)o1)N(Cc1ccccc1)Cc1ccccc1. The van der Waals surface area contributed by atoms with E-state index in [1.165, 1.54) is 0 Å². The van der Waals surface area contributed by atoms with E-state index in [4.69, 9.17) is 16.0 Å². The van der Waals surface area contributed by atoms with E-state index in [9.17, 15) is 4.79 Å². The highest BCUT2D eigenvalue weighted by Crippen LogP contribution is 2.30. The Bertz CT molecular complexity index is 1370. The topological polar surface area (TPSA) is 46.3 Å². The minimum Gasteiger partial charge on any atom is -0.436 e. The Labute approximate surface area is 209 Å². The summed E-state index contributed by atoms with van der Waals surface area (Å²) in [6.45, 7) is 0.981. The molecule has 0 atom stereocenters. The van der Waals surface area contributed by atoms with E-state index < -0.39 is 0 Å². The maximum Gasteiger partial charge on any atom is 0.255 e. The summed E-state index contributed by atoms with van der Waals surface area (Å²) in [4.78, 5) is 20.2. The fourth-order valence-electron chi connectivity index (χ4n) is 3.98. The van der Waals surface area contributed by atoms with E-state index in [2.05, 4.69) is 4.98 Å². The van der Waals surface area contributed by atoms with Gasteiger partial charge in [0.2, 0.25) is 5.89 Å². The first-order valence-electron chi connectivity index (χ1n) is 11.4. The quantitative estimate of drug-likeness (QED) is 0.243. The molecule has 0 aliphatic rings. The van der Waals surface area contributed by atoms with Crippen molar-refractivity contribution in [3.63, 3.8) is 0 Å². The zero-order valence-corrected chi connectivity index (χ0v) is 19.7. The number of hydrogen-bond donors (Lipinski definition) is 0. The second kappa shape index (κ2) is 10.4. The van der Waals surface area contributed by atoms with Crippen LogP contribution in [0.15, 0.2) is 120 Å². The van der Waals surface area contributed by atoms with Gasteiger partial charge in [-0.05, 0) is 47.5 Å². The molecule has 5 rings (SSSR count). The van der Waals surface area contributed by atoms with Crippen LogP contribution in [0.3, 0.4) is 0 Å². The molecule has 0 saturated heterocycles. The maximum atomic E-state index is 13.9. The van der Waals surface area contributed by atoms with Crippen LogP contribution in [0, 0.1) is 0 Å². The molecular weight excluding hydrogens is 456 g/mol. The summed E-state index contributed by atoms with van der Waals surface area (Å²) in [7, 11) is 0. The molecule has 0 aliphatic carbocycles. The highest BCUT2D eigenvalue weighted by molar-refractivity contribution is 6.30. The largest absolute Gasteiger partial charge is 0.436 e. The molecule has 0 radical (unpaired) electrons. The number of rotatable bonds is 7. The molecule has 172 valence electrons. The number of benzene rings is 4. The molecule has 1 amide bonds. The van der Waals surface area contributed by atoms with Crippen LogP contribution >= 0.6 is 11.6 Å². The van der Waals surface area contributed by atoms with Crippen LogP contribution in [-0.2, 0) is 13.1 Å². The molecule has 4 nitrogen and oxygen atoms in total. The molecule has 5 aromatic rings. The van der Waals surface area contributed by atoms with Gasteiger partial charge in [0, 0.05) is 29.2 Å². The summed E-state index contributed by atoms with van der Waals surface area (Å²) in [6, 6.07) is 34.8. The van der Waals surface area contributed by atoms with Gasteiger partial charge in [-0.25, -0.2) is 4.98 Å². The average Bonchev–Trinajstić information content (AvgIpc) is 3.40. The van der Waals surface area contributed by atoms with Crippen molar-refractivity contribution in [3.8, 4) is 22.8 Å². The lowest BCUT2D eigenvalue weighted by atomic mass is 10.0. The molecule has 1 heterocycles. The van der Waals surface area contributed by atoms with Crippen LogP contribution in [0.2, 0.25) is 5.02 Å². The fourth-order valence-corrected chi connectivity index (χ4v) is 4.11. The Morgan fingerprint density at radius 2 is 1.31 bits per heavy atom. The van der Waals surface area contributed by atoms with Crippen molar-refractivity contribution in [2.45, 2.75) is 13.1 Å². The lowest BCUT2D eigenvalue weighted by Crippen LogP contribution is -2.30. The Hall–Kier alpha value is -4.15. The minimum absolute atomic E-state index is 0.0838. The highest BCUT2D eigenvalue weighted by Gasteiger charge is 2.22. The van der Waals surface area contributed by atoms with E-state index >= 15 is 0 Å². The van der Waals surface area contributed by atoms with Gasteiger partial charge in [0.1, 0.15) is 0 Å². The minimum atomic E-state index is -0.0838. The molecular formula is C30H23ClN2O2. The van der Waals surface area contributed by atoms with Crippen LogP contribution < -0.4 is 0 Å². The zero-order valence-electron chi connectivity index (χ0n) is 19.0. The lowest BCUT2D eigenvalue weighted by molar-refractivity contribution is 0.0730. The molecule has 5 heteroatoms. The lowest BCUT2D eigenvalue weighted by Gasteiger charge is -2.24. The number of oxazole rings is 1. The Balaban J connectivity index is 1.48. The van der Waals surface area contributed by atoms with Gasteiger partial charge in [-0.15, -0.1) is 0 Å². The second-order valence-corrected chi connectivity index (χ2v) is 8.65. The van der Waals surface area contributed by atoms with Crippen molar-refractivity contribution < 1.29 is 9.21 Å². The van der Waals surface area contributed by atoms with Gasteiger partial charge in [-0.1, -0.05) is 84.4 Å². The number of halogens is 1. The van der Waals surface area contributed by atoms with E-state index in [1.54, 1.807) is 6.20 Å². The van der Waals surface area contributed by atoms with Gasteiger partial charge < -0.3 is 9.32 Å². The third-order valence-corrected chi connectivity index (χ3v) is 5.99. The van der Waals surface area contributed by atoms with Crippen LogP contribution in [0.5, 0.6) is 0 Å². The average molecular weight is 479 g/mol. The molecule has 4 aromatic carbocycles. The molecule has 0 aliphatic heterocycles. The summed E-state index contributed by atoms with van der Waals surface area (Å²) < 4.78 is 6.08. The molecule has 0 spiro atoms. The van der Waals surface area contributed by atoms with Gasteiger partial charge in [0.05, 0.1) is 11.8 Å². The molecule has 0 bridgehead atoms. The number of carbonyl (C=O) groups is 1. The van der Waals surface area contributed by atoms with Gasteiger partial charge >= 0.3 is 0 Å². The van der Waals surface area contributed by atoms with Gasteiger partial charge in [0.15, 0.2) is 5.76 Å². The first-order valence-corrected chi connectivity index (χ1v) is 11.7. The highest BCUT2D eigenvalue weighted by atomic mass is 35.5. The number of hydrogen-bond acceptors (Lipinski definition) is 3. The normalized spacial score (nSPS) is 10.8. The van der Waals surface area contributed by atoms with Crippen LogP contribution in [0.4, 0.5) is 0 Å². The van der Waals surface area contributed by atoms with Crippen molar-refractivity contribution in [3.05, 3.63) is 137 Å². The van der Waals surface area contributed by atoms with Crippen molar-refractivity contribution >= 4 is 17.5 Å². The summed E-state index contributed by atoms with van der Waals surface area (Å²) >= 11 is 6.01. The predicted molar refractivity (Wildman–Crippen MR) is 139 cm³/mol. The summed E-state index contributed by atoms with van der Waals surface area (Å²) in [5.74, 6) is 0.933. The third-order valence-electron chi connectivity index (χ3n) is 5.74. The summed E-state index contributed by atoms with van der Waals surface area (Å²) in [6.07, 6.45) is 1.67. The standard InChI is InChI=1S/C30H23ClN2O2/c31-25-17-15-24(16-18-25)28-19-32-29(35-28)26-13-7-8-14-27(26)30(34)33(20-22-9-3-1-4-10-22)21-23-11-5-2-6-12-23/h1-19H,20-21H2. The maximum absolute atomic E-state index is 13.9. The molecule has 0 fully saturated rings. The van der Waals surface area contributed by atoms with E-state index in [0.717, 1.165) is 16.7 Å². The molecule has 35 heavy (non-hydrogen) atoms. The fraction of sp³-hybridized carbons (Fsp3) is 0.0667. The van der Waals surface area contributed by atoms with Crippen LogP contribution in [-0.4, -0.2) is 15.8 Å².